The Kier molecular flexibility index (Phi) is 6.46. The summed E-state index contributed by atoms with van der Waals surface area (Å²) in [4.78, 5) is 19.2. The van der Waals surface area contributed by atoms with Crippen molar-refractivity contribution in [1.29, 1.82) is 0 Å². The maximum absolute atomic E-state index is 13.2. The SMILES string of the molecule is Cc1ccc(Cc2cc3c(c(C)c2C)OCN([C@@H]2COCC[C@H]2O)C3=O)cn1.Cl. The number of aromatic nitrogens is 1. The molecule has 2 aromatic rings. The van der Waals surface area contributed by atoms with E-state index in [0.717, 1.165) is 27.9 Å². The molecule has 7 heteroatoms. The second-order valence-electron chi connectivity index (χ2n) is 7.69. The number of hydrogen-bond donors (Lipinski definition) is 1. The zero-order valence-corrected chi connectivity index (χ0v) is 17.8. The van der Waals surface area contributed by atoms with Gasteiger partial charge in [-0.25, -0.2) is 0 Å². The lowest BCUT2D eigenvalue weighted by molar-refractivity contribution is -0.0697. The number of halogens is 1. The number of carbonyl (C=O) groups excluding carboxylic acids is 1. The van der Waals surface area contributed by atoms with Gasteiger partial charge >= 0.3 is 0 Å². The van der Waals surface area contributed by atoms with Crippen molar-refractivity contribution in [3.05, 3.63) is 57.9 Å². The lowest BCUT2D eigenvalue weighted by Crippen LogP contribution is -2.55. The number of hydrogen-bond acceptors (Lipinski definition) is 5. The molecular formula is C22H27ClN2O4. The van der Waals surface area contributed by atoms with Crippen LogP contribution in [-0.4, -0.2) is 53.0 Å². The van der Waals surface area contributed by atoms with Crippen LogP contribution in [-0.2, 0) is 11.2 Å². The Morgan fingerprint density at radius 2 is 2.03 bits per heavy atom. The largest absolute Gasteiger partial charge is 0.472 e. The maximum Gasteiger partial charge on any atom is 0.260 e. The second-order valence-corrected chi connectivity index (χ2v) is 7.69. The number of amides is 1. The molecule has 156 valence electrons. The number of ether oxygens (including phenoxy) is 2. The first kappa shape index (κ1) is 21.6. The van der Waals surface area contributed by atoms with Crippen molar-refractivity contribution in [2.24, 2.45) is 0 Å². The van der Waals surface area contributed by atoms with Gasteiger partial charge in [0.25, 0.3) is 5.91 Å². The average molecular weight is 419 g/mol. The molecule has 2 aliphatic rings. The van der Waals surface area contributed by atoms with E-state index in [4.69, 9.17) is 9.47 Å². The number of rotatable bonds is 3. The van der Waals surface area contributed by atoms with Crippen LogP contribution in [0.3, 0.4) is 0 Å². The molecule has 1 amide bonds. The zero-order chi connectivity index (χ0) is 19.8. The molecule has 1 N–H and O–H groups in total. The summed E-state index contributed by atoms with van der Waals surface area (Å²) in [5, 5.41) is 10.3. The van der Waals surface area contributed by atoms with Gasteiger partial charge in [0.1, 0.15) is 5.75 Å². The summed E-state index contributed by atoms with van der Waals surface area (Å²) >= 11 is 0. The van der Waals surface area contributed by atoms with Gasteiger partial charge in [-0.15, -0.1) is 12.4 Å². The van der Waals surface area contributed by atoms with Crippen molar-refractivity contribution >= 4 is 18.3 Å². The molecule has 1 saturated heterocycles. The van der Waals surface area contributed by atoms with Crippen LogP contribution < -0.4 is 4.74 Å². The number of pyridine rings is 1. The molecule has 29 heavy (non-hydrogen) atoms. The number of aryl methyl sites for hydroxylation is 1. The number of carbonyl (C=O) groups is 1. The van der Waals surface area contributed by atoms with E-state index in [1.807, 2.05) is 32.2 Å². The molecule has 4 rings (SSSR count). The number of aliphatic hydroxyl groups excluding tert-OH is 1. The summed E-state index contributed by atoms with van der Waals surface area (Å²) in [7, 11) is 0. The first-order valence-electron chi connectivity index (χ1n) is 9.70. The molecule has 6 nitrogen and oxygen atoms in total. The van der Waals surface area contributed by atoms with E-state index in [9.17, 15) is 9.90 Å². The summed E-state index contributed by atoms with van der Waals surface area (Å²) in [6, 6.07) is 5.62. The van der Waals surface area contributed by atoms with Gasteiger partial charge in [-0.1, -0.05) is 6.07 Å². The van der Waals surface area contributed by atoms with Crippen LogP contribution in [0.2, 0.25) is 0 Å². The molecule has 1 fully saturated rings. The van der Waals surface area contributed by atoms with Gasteiger partial charge < -0.3 is 14.6 Å². The lowest BCUT2D eigenvalue weighted by Gasteiger charge is -2.40. The second kappa shape index (κ2) is 8.69. The molecular weight excluding hydrogens is 392 g/mol. The third-order valence-corrected chi connectivity index (χ3v) is 5.85. The van der Waals surface area contributed by atoms with Gasteiger partial charge in [-0.3, -0.25) is 14.7 Å². The van der Waals surface area contributed by atoms with E-state index in [0.29, 0.717) is 37.4 Å². The molecule has 1 aromatic heterocycles. The fraction of sp³-hybridized carbons (Fsp3) is 0.455. The van der Waals surface area contributed by atoms with Gasteiger partial charge in [-0.05, 0) is 68.0 Å². The molecule has 0 radical (unpaired) electrons. The van der Waals surface area contributed by atoms with E-state index in [1.54, 1.807) is 4.90 Å². The van der Waals surface area contributed by atoms with Crippen molar-refractivity contribution in [2.75, 3.05) is 19.9 Å². The Hall–Kier alpha value is -2.15. The highest BCUT2D eigenvalue weighted by Crippen LogP contribution is 2.35. The highest BCUT2D eigenvalue weighted by molar-refractivity contribution is 5.99. The Morgan fingerprint density at radius 3 is 2.72 bits per heavy atom. The number of nitrogens with zero attached hydrogens (tertiary/aromatic N) is 2. The number of benzene rings is 1. The normalized spacial score (nSPS) is 21.2. The van der Waals surface area contributed by atoms with Crippen LogP contribution in [0.15, 0.2) is 24.4 Å². The molecule has 0 unspecified atom stereocenters. The average Bonchev–Trinajstić information content (AvgIpc) is 2.69. The number of fused-ring (bicyclic) bond motifs is 1. The Labute approximate surface area is 177 Å². The minimum absolute atomic E-state index is 0. The summed E-state index contributed by atoms with van der Waals surface area (Å²) in [5.74, 6) is 0.540. The Balaban J connectivity index is 0.00000240. The Bertz CT molecular complexity index is 901. The predicted molar refractivity (Wildman–Crippen MR) is 112 cm³/mol. The molecule has 2 atom stereocenters. The van der Waals surface area contributed by atoms with Crippen LogP contribution in [0.4, 0.5) is 0 Å². The predicted octanol–water partition coefficient (Wildman–Crippen LogP) is 2.96. The summed E-state index contributed by atoms with van der Waals surface area (Å²) in [6.07, 6.45) is 2.52. The third-order valence-electron chi connectivity index (χ3n) is 5.85. The van der Waals surface area contributed by atoms with Gasteiger partial charge in [0, 0.05) is 18.5 Å². The highest BCUT2D eigenvalue weighted by Gasteiger charge is 2.37. The summed E-state index contributed by atoms with van der Waals surface area (Å²) < 4.78 is 11.4. The minimum atomic E-state index is -0.590. The van der Waals surface area contributed by atoms with E-state index in [-0.39, 0.29) is 31.1 Å². The van der Waals surface area contributed by atoms with E-state index >= 15 is 0 Å². The standard InChI is InChI=1S/C22H26N2O4.ClH/c1-13-4-5-16(10-23-13)8-17-9-18-21(15(3)14(17)2)28-12-24(22(18)26)19-11-27-7-6-20(19)25;/h4-5,9-10,19-20,25H,6-8,11-12H2,1-3H3;1H/t19-,20-;/m1./s1. The summed E-state index contributed by atoms with van der Waals surface area (Å²) in [5.41, 5.74) is 5.84. The van der Waals surface area contributed by atoms with Crippen molar-refractivity contribution in [3.63, 3.8) is 0 Å². The highest BCUT2D eigenvalue weighted by atomic mass is 35.5. The molecule has 0 bridgehead atoms. The first-order valence-corrected chi connectivity index (χ1v) is 9.70. The maximum atomic E-state index is 13.2. The van der Waals surface area contributed by atoms with Gasteiger partial charge in [0.05, 0.1) is 24.3 Å². The Morgan fingerprint density at radius 1 is 1.24 bits per heavy atom. The van der Waals surface area contributed by atoms with Crippen molar-refractivity contribution < 1.29 is 19.4 Å². The van der Waals surface area contributed by atoms with E-state index in [1.165, 1.54) is 0 Å². The topological polar surface area (TPSA) is 71.9 Å². The van der Waals surface area contributed by atoms with E-state index < -0.39 is 6.10 Å². The van der Waals surface area contributed by atoms with Crippen LogP contribution in [0.5, 0.6) is 5.75 Å². The third kappa shape index (κ3) is 4.10. The van der Waals surface area contributed by atoms with Crippen LogP contribution in [0.25, 0.3) is 0 Å². The molecule has 0 spiro atoms. The molecule has 1 aromatic carbocycles. The van der Waals surface area contributed by atoms with E-state index in [2.05, 4.69) is 18.0 Å². The fourth-order valence-electron chi connectivity index (χ4n) is 3.92. The number of aliphatic hydroxyl groups is 1. The molecule has 0 saturated carbocycles. The van der Waals surface area contributed by atoms with Gasteiger partial charge in [-0.2, -0.15) is 0 Å². The molecule has 0 aliphatic carbocycles. The van der Waals surface area contributed by atoms with Crippen molar-refractivity contribution in [1.82, 2.24) is 9.88 Å². The van der Waals surface area contributed by atoms with Crippen molar-refractivity contribution in [3.8, 4) is 5.75 Å². The molecule has 2 aliphatic heterocycles. The van der Waals surface area contributed by atoms with Crippen LogP contribution >= 0.6 is 12.4 Å². The van der Waals surface area contributed by atoms with Gasteiger partial charge in [0.2, 0.25) is 0 Å². The minimum Gasteiger partial charge on any atom is -0.472 e. The monoisotopic (exact) mass is 418 g/mol. The quantitative estimate of drug-likeness (QED) is 0.829. The van der Waals surface area contributed by atoms with Crippen LogP contribution in [0.1, 0.15) is 44.7 Å². The van der Waals surface area contributed by atoms with Crippen molar-refractivity contribution in [2.45, 2.75) is 45.8 Å². The van der Waals surface area contributed by atoms with Crippen LogP contribution in [0, 0.1) is 20.8 Å². The zero-order valence-electron chi connectivity index (χ0n) is 17.0. The lowest BCUT2D eigenvalue weighted by atomic mass is 9.92. The smallest absolute Gasteiger partial charge is 0.260 e. The van der Waals surface area contributed by atoms with Gasteiger partial charge in [0.15, 0.2) is 6.73 Å². The summed E-state index contributed by atoms with van der Waals surface area (Å²) in [6.45, 7) is 7.01. The molecule has 3 heterocycles. The fourth-order valence-corrected chi connectivity index (χ4v) is 3.92. The first-order chi connectivity index (χ1) is 13.5.